The zero-order valence-electron chi connectivity index (χ0n) is 24.3. The molecule has 1 heterocycles. The molecule has 0 bridgehead atoms. The normalized spacial score (nSPS) is 16.3. The number of carboxylic acids is 1. The van der Waals surface area contributed by atoms with Gasteiger partial charge in [0.1, 0.15) is 5.82 Å². The Hall–Kier alpha value is -4.01. The molecule has 0 saturated carbocycles. The van der Waals surface area contributed by atoms with E-state index in [0.29, 0.717) is 22.6 Å². The fraction of sp³-hybridized carbons (Fsp3) is 0.353. The molecule has 0 aliphatic heterocycles. The number of allylic oxidation sites excluding steroid dienone is 3. The van der Waals surface area contributed by atoms with Gasteiger partial charge in [-0.2, -0.15) is 0 Å². The minimum Gasteiger partial charge on any atom is -0.481 e. The lowest BCUT2D eigenvalue weighted by atomic mass is 9.94. The molecule has 222 valence electrons. The van der Waals surface area contributed by atoms with E-state index in [9.17, 15) is 24.2 Å². The number of nitrogens with one attached hydrogen (secondary N) is 1. The summed E-state index contributed by atoms with van der Waals surface area (Å²) in [7, 11) is 0. The van der Waals surface area contributed by atoms with Gasteiger partial charge in [-0.25, -0.2) is 4.39 Å². The number of nitrogens with zero attached hydrogens (tertiary/aromatic N) is 1. The number of carbonyl (C=O) groups excluding carboxylic acids is 1. The maximum atomic E-state index is 14.2. The Morgan fingerprint density at radius 1 is 1.02 bits per heavy atom. The van der Waals surface area contributed by atoms with Crippen molar-refractivity contribution in [2.45, 2.75) is 71.1 Å². The summed E-state index contributed by atoms with van der Waals surface area (Å²) in [4.78, 5) is 25.1. The lowest BCUT2D eigenvalue weighted by molar-refractivity contribution is -0.139. The second-order valence-electron chi connectivity index (χ2n) is 11.3. The fourth-order valence-corrected chi connectivity index (χ4v) is 5.50. The minimum absolute atomic E-state index is 0.0890. The smallest absolute Gasteiger partial charge is 0.305 e. The Bertz CT molecular complexity index is 1460. The van der Waals surface area contributed by atoms with Crippen LogP contribution >= 0.6 is 0 Å². The van der Waals surface area contributed by atoms with Crippen LogP contribution in [-0.4, -0.2) is 44.0 Å². The highest BCUT2D eigenvalue weighted by Crippen LogP contribution is 2.42. The third-order valence-corrected chi connectivity index (χ3v) is 7.47. The largest absolute Gasteiger partial charge is 0.481 e. The summed E-state index contributed by atoms with van der Waals surface area (Å²) < 4.78 is 16.0. The molecule has 3 aromatic rings. The number of rotatable bonds is 12. The number of halogens is 1. The van der Waals surface area contributed by atoms with E-state index in [2.05, 4.69) is 18.3 Å². The van der Waals surface area contributed by atoms with Gasteiger partial charge in [-0.05, 0) is 72.6 Å². The van der Waals surface area contributed by atoms with Crippen LogP contribution in [0.2, 0.25) is 0 Å². The highest BCUT2D eigenvalue weighted by Gasteiger charge is 2.31. The maximum Gasteiger partial charge on any atom is 0.305 e. The zero-order valence-corrected chi connectivity index (χ0v) is 24.3. The van der Waals surface area contributed by atoms with Crippen molar-refractivity contribution in [1.29, 1.82) is 0 Å². The van der Waals surface area contributed by atoms with Crippen LogP contribution in [0, 0.1) is 11.7 Å². The van der Waals surface area contributed by atoms with E-state index in [4.69, 9.17) is 5.11 Å². The van der Waals surface area contributed by atoms with E-state index in [-0.39, 0.29) is 37.0 Å². The molecular weight excluding hydrogens is 535 g/mol. The highest BCUT2D eigenvalue weighted by atomic mass is 19.1. The molecule has 42 heavy (non-hydrogen) atoms. The third kappa shape index (κ3) is 7.43. The van der Waals surface area contributed by atoms with E-state index in [1.807, 2.05) is 60.9 Å². The molecular formula is C34H39FN2O5. The first-order chi connectivity index (χ1) is 20.0. The van der Waals surface area contributed by atoms with Gasteiger partial charge in [-0.15, -0.1) is 0 Å². The number of carboxylic acid groups (broad SMARTS) is 1. The summed E-state index contributed by atoms with van der Waals surface area (Å²) in [6.07, 6.45) is 4.33. The van der Waals surface area contributed by atoms with E-state index in [1.165, 1.54) is 12.1 Å². The van der Waals surface area contributed by atoms with Crippen LogP contribution in [0.25, 0.3) is 22.4 Å². The number of amides is 1. The number of aliphatic carboxylic acids is 1. The molecule has 2 aromatic carbocycles. The summed E-state index contributed by atoms with van der Waals surface area (Å²) in [5.41, 5.74) is 4.95. The van der Waals surface area contributed by atoms with Gasteiger partial charge in [0, 0.05) is 23.5 Å². The lowest BCUT2D eigenvalue weighted by Crippen LogP contribution is -2.25. The first-order valence-electron chi connectivity index (χ1n) is 14.4. The van der Waals surface area contributed by atoms with E-state index in [0.717, 1.165) is 29.1 Å². The zero-order chi connectivity index (χ0) is 30.4. The first kappa shape index (κ1) is 30.9. The van der Waals surface area contributed by atoms with E-state index >= 15 is 0 Å². The van der Waals surface area contributed by atoms with Crippen LogP contribution in [0.5, 0.6) is 0 Å². The molecule has 0 spiro atoms. The Labute approximate surface area is 246 Å². The Morgan fingerprint density at radius 2 is 1.71 bits per heavy atom. The molecule has 1 aliphatic rings. The summed E-state index contributed by atoms with van der Waals surface area (Å²) in [5, 5.41) is 32.9. The number of carbonyl (C=O) groups is 2. The van der Waals surface area contributed by atoms with Gasteiger partial charge < -0.3 is 25.2 Å². The van der Waals surface area contributed by atoms with Crippen LogP contribution in [0.1, 0.15) is 68.4 Å². The lowest BCUT2D eigenvalue weighted by Gasteiger charge is -2.20. The van der Waals surface area contributed by atoms with Crippen molar-refractivity contribution < 1.29 is 29.3 Å². The third-order valence-electron chi connectivity index (χ3n) is 7.47. The van der Waals surface area contributed by atoms with Crippen molar-refractivity contribution >= 4 is 11.9 Å². The first-order valence-corrected chi connectivity index (χ1v) is 14.4. The average molecular weight is 575 g/mol. The SMILES string of the molecule is CC1C=CC(NC(=O)c2c(-c3ccccc3)c(-c3ccc(F)cc3)n(CC[C@@H](O)C[C@@H](O)CC(=O)O)c2C(C)C)=CC1. The quantitative estimate of drug-likeness (QED) is 0.204. The minimum atomic E-state index is -1.18. The molecule has 7 nitrogen and oxygen atoms in total. The molecule has 1 aromatic heterocycles. The molecule has 8 heteroatoms. The maximum absolute atomic E-state index is 14.2. The van der Waals surface area contributed by atoms with Gasteiger partial charge in [0.25, 0.3) is 5.91 Å². The van der Waals surface area contributed by atoms with Gasteiger partial charge >= 0.3 is 5.97 Å². The summed E-state index contributed by atoms with van der Waals surface area (Å²) >= 11 is 0. The number of aromatic nitrogens is 1. The Kier molecular flexibility index (Phi) is 10.1. The highest BCUT2D eigenvalue weighted by molar-refractivity contribution is 6.07. The Balaban J connectivity index is 1.87. The molecule has 0 radical (unpaired) electrons. The number of hydrogen-bond donors (Lipinski definition) is 4. The predicted octanol–water partition coefficient (Wildman–Crippen LogP) is 6.27. The monoisotopic (exact) mass is 574 g/mol. The average Bonchev–Trinajstić information content (AvgIpc) is 3.29. The fourth-order valence-electron chi connectivity index (χ4n) is 5.50. The van der Waals surface area contributed by atoms with Crippen molar-refractivity contribution in [3.63, 3.8) is 0 Å². The predicted molar refractivity (Wildman–Crippen MR) is 161 cm³/mol. The molecule has 1 aliphatic carbocycles. The van der Waals surface area contributed by atoms with Crippen LogP contribution in [0.15, 0.2) is 78.5 Å². The topological polar surface area (TPSA) is 112 Å². The van der Waals surface area contributed by atoms with Crippen molar-refractivity contribution in [3.8, 4) is 22.4 Å². The van der Waals surface area contributed by atoms with Crippen LogP contribution in [0.4, 0.5) is 4.39 Å². The summed E-state index contributed by atoms with van der Waals surface area (Å²) in [5.74, 6) is -1.49. The number of hydrogen-bond acceptors (Lipinski definition) is 4. The van der Waals surface area contributed by atoms with Crippen molar-refractivity contribution in [1.82, 2.24) is 9.88 Å². The van der Waals surface area contributed by atoms with Gasteiger partial charge in [0.05, 0.1) is 29.9 Å². The van der Waals surface area contributed by atoms with Crippen molar-refractivity contribution in [3.05, 3.63) is 95.6 Å². The van der Waals surface area contributed by atoms with Gasteiger partial charge in [0.15, 0.2) is 0 Å². The second-order valence-corrected chi connectivity index (χ2v) is 11.3. The standard InChI is InChI=1S/C34H39FN2O5/c1-21(2)32-31(34(42)36-26-15-9-22(3)10-16-26)30(23-7-5-4-6-8-23)33(24-11-13-25(35)14-12-24)37(32)18-17-27(38)19-28(39)20-29(40)41/h4-9,11-16,21-22,27-28,38-39H,10,17-20H2,1-3H3,(H,36,42)(H,40,41)/t22?,27-,28-/m1/s1. The van der Waals surface area contributed by atoms with E-state index in [1.54, 1.807) is 12.1 Å². The Morgan fingerprint density at radius 3 is 2.31 bits per heavy atom. The molecule has 0 fully saturated rings. The summed E-state index contributed by atoms with van der Waals surface area (Å²) in [6, 6.07) is 15.7. The molecule has 0 saturated heterocycles. The van der Waals surface area contributed by atoms with Gasteiger partial charge in [0.2, 0.25) is 0 Å². The molecule has 3 atom stereocenters. The van der Waals surface area contributed by atoms with Gasteiger partial charge in [-0.3, -0.25) is 9.59 Å². The molecule has 1 amide bonds. The molecule has 4 N–H and O–H groups in total. The van der Waals surface area contributed by atoms with Crippen molar-refractivity contribution in [2.24, 2.45) is 5.92 Å². The number of benzene rings is 2. The summed E-state index contributed by atoms with van der Waals surface area (Å²) in [6.45, 7) is 6.40. The number of aliphatic hydroxyl groups excluding tert-OH is 2. The van der Waals surface area contributed by atoms with Crippen LogP contribution in [0.3, 0.4) is 0 Å². The van der Waals surface area contributed by atoms with E-state index < -0.39 is 24.6 Å². The number of aliphatic hydroxyl groups is 2. The van der Waals surface area contributed by atoms with Gasteiger partial charge in [-0.1, -0.05) is 63.3 Å². The molecule has 4 rings (SSSR count). The van der Waals surface area contributed by atoms with Crippen LogP contribution in [-0.2, 0) is 11.3 Å². The van der Waals surface area contributed by atoms with Crippen LogP contribution < -0.4 is 5.32 Å². The molecule has 1 unspecified atom stereocenters. The second kappa shape index (κ2) is 13.8. The van der Waals surface area contributed by atoms with Crippen molar-refractivity contribution in [2.75, 3.05) is 0 Å².